The minimum Gasteiger partial charge on any atom is -0.462 e. The Morgan fingerprint density at radius 2 is 0.558 bits per heavy atom. The third kappa shape index (κ3) is 62.5. The molecule has 77 heavy (non-hydrogen) atoms. The molecular formula is C71H118O6. The summed E-state index contributed by atoms with van der Waals surface area (Å²) in [6.07, 6.45) is 89.5. The van der Waals surface area contributed by atoms with Crippen LogP contribution < -0.4 is 0 Å². The summed E-state index contributed by atoms with van der Waals surface area (Å²) < 4.78 is 16.8. The molecule has 0 amide bonds. The Balaban J connectivity index is 4.37. The van der Waals surface area contributed by atoms with E-state index < -0.39 is 12.1 Å². The molecule has 0 heterocycles. The van der Waals surface area contributed by atoms with E-state index in [1.807, 2.05) is 6.08 Å². The maximum atomic E-state index is 12.9. The number of hydrogen-bond donors (Lipinski definition) is 0. The fourth-order valence-corrected chi connectivity index (χ4v) is 8.74. The number of allylic oxidation sites excluding steroid dienone is 19. The van der Waals surface area contributed by atoms with Crippen LogP contribution in [0.2, 0.25) is 0 Å². The van der Waals surface area contributed by atoms with E-state index in [0.717, 1.165) is 109 Å². The fraction of sp³-hybridized carbons (Fsp3) is 0.676. The van der Waals surface area contributed by atoms with Gasteiger partial charge in [-0.05, 0) is 109 Å². The Hall–Kier alpha value is -4.19. The van der Waals surface area contributed by atoms with E-state index in [1.165, 1.54) is 141 Å². The maximum Gasteiger partial charge on any atom is 0.309 e. The first kappa shape index (κ1) is 72.8. The molecular weight excluding hydrogens is 949 g/mol. The molecule has 0 saturated carbocycles. The van der Waals surface area contributed by atoms with Crippen molar-refractivity contribution in [1.82, 2.24) is 0 Å². The molecule has 0 aromatic rings. The molecule has 0 fully saturated rings. The second-order valence-electron chi connectivity index (χ2n) is 20.9. The normalized spacial score (nSPS) is 12.9. The van der Waals surface area contributed by atoms with Crippen molar-refractivity contribution in [1.29, 1.82) is 0 Å². The van der Waals surface area contributed by atoms with Crippen molar-refractivity contribution >= 4 is 17.9 Å². The second-order valence-corrected chi connectivity index (χ2v) is 20.9. The molecule has 0 bridgehead atoms. The van der Waals surface area contributed by atoms with Crippen LogP contribution in [0.3, 0.4) is 0 Å². The molecule has 0 aliphatic heterocycles. The van der Waals surface area contributed by atoms with Gasteiger partial charge in [0.15, 0.2) is 6.10 Å². The average Bonchev–Trinajstić information content (AvgIpc) is 3.43. The Labute approximate surface area is 475 Å². The third-order valence-electron chi connectivity index (χ3n) is 13.5. The van der Waals surface area contributed by atoms with Crippen LogP contribution in [0.1, 0.15) is 290 Å². The van der Waals surface area contributed by atoms with Gasteiger partial charge in [-0.15, -0.1) is 0 Å². The molecule has 6 heteroatoms. The van der Waals surface area contributed by atoms with E-state index >= 15 is 0 Å². The van der Waals surface area contributed by atoms with Crippen molar-refractivity contribution < 1.29 is 28.6 Å². The van der Waals surface area contributed by atoms with E-state index in [0.29, 0.717) is 12.8 Å². The molecule has 0 saturated heterocycles. The van der Waals surface area contributed by atoms with Gasteiger partial charge in [-0.25, -0.2) is 0 Å². The summed E-state index contributed by atoms with van der Waals surface area (Å²) >= 11 is 0. The van der Waals surface area contributed by atoms with Crippen molar-refractivity contribution in [2.45, 2.75) is 297 Å². The zero-order valence-electron chi connectivity index (χ0n) is 50.2. The first-order valence-electron chi connectivity index (χ1n) is 32.0. The van der Waals surface area contributed by atoms with E-state index in [-0.39, 0.29) is 31.6 Å². The standard InChI is InChI=1S/C71H118O6/c1-4-7-10-13-16-19-22-25-28-30-31-32-33-34-35-36-37-38-39-41-43-46-49-52-55-58-61-64-70(73)76-67-68(66-75-69(72)63-60-57-54-51-48-45-42-27-24-21-18-15-12-9-6-3)77-71(74)65-62-59-56-53-50-47-44-40-29-26-23-20-17-14-11-8-5-2/h8-9,11-12,17-18,20-22,25-27,29-31,42,48,51,57,60,68H,4-7,10,13-16,19,23-24,28,32-41,43-47,49-50,52-56,58-59,61-67H2,1-3H3/b11-8-,12-9-,20-17-,21-18-,25-22-,29-26-,31-30-,42-27-,51-48-,60-57-. The van der Waals surface area contributed by atoms with Gasteiger partial charge in [0.2, 0.25) is 0 Å². The highest BCUT2D eigenvalue weighted by molar-refractivity contribution is 5.72. The topological polar surface area (TPSA) is 78.9 Å². The van der Waals surface area contributed by atoms with E-state index in [2.05, 4.69) is 130 Å². The van der Waals surface area contributed by atoms with Crippen LogP contribution in [0.4, 0.5) is 0 Å². The van der Waals surface area contributed by atoms with Gasteiger partial charge in [0.05, 0.1) is 6.42 Å². The Morgan fingerprint density at radius 1 is 0.286 bits per heavy atom. The summed E-state index contributed by atoms with van der Waals surface area (Å²) in [5.41, 5.74) is 0. The van der Waals surface area contributed by atoms with Crippen LogP contribution in [0, 0.1) is 0 Å². The molecule has 0 aromatic carbocycles. The number of unbranched alkanes of at least 4 members (excludes halogenated alkanes) is 27. The first-order chi connectivity index (χ1) is 38.0. The van der Waals surface area contributed by atoms with Crippen molar-refractivity contribution in [2.24, 2.45) is 0 Å². The molecule has 0 spiro atoms. The number of hydrogen-bond acceptors (Lipinski definition) is 6. The number of esters is 3. The Kier molecular flexibility index (Phi) is 60.8. The Morgan fingerprint density at radius 3 is 0.909 bits per heavy atom. The van der Waals surface area contributed by atoms with Gasteiger partial charge in [0, 0.05) is 12.8 Å². The molecule has 0 radical (unpaired) electrons. The predicted molar refractivity (Wildman–Crippen MR) is 334 cm³/mol. The molecule has 0 N–H and O–H groups in total. The quantitative estimate of drug-likeness (QED) is 0.0261. The fourth-order valence-electron chi connectivity index (χ4n) is 8.74. The summed E-state index contributed by atoms with van der Waals surface area (Å²) in [7, 11) is 0. The van der Waals surface area contributed by atoms with Crippen LogP contribution in [0.25, 0.3) is 0 Å². The Bertz CT molecular complexity index is 1600. The molecule has 0 aliphatic carbocycles. The van der Waals surface area contributed by atoms with E-state index in [4.69, 9.17) is 14.2 Å². The SMILES string of the molecule is CC/C=C\C/C=C\C/C=C\C/C=C\C/C=C\CC(=O)OCC(COC(=O)CCCCCCCCCCCCCCCCC/C=C\C/C=C\CCCCCCC)OC(=O)CCCCCCCCC/C=C\C/C=C\C/C=C\CC. The van der Waals surface area contributed by atoms with Gasteiger partial charge in [-0.1, -0.05) is 284 Å². The maximum absolute atomic E-state index is 12.9. The van der Waals surface area contributed by atoms with Gasteiger partial charge in [0.1, 0.15) is 13.2 Å². The zero-order chi connectivity index (χ0) is 55.7. The number of carbonyl (C=O) groups excluding carboxylic acids is 3. The van der Waals surface area contributed by atoms with Gasteiger partial charge >= 0.3 is 17.9 Å². The highest BCUT2D eigenvalue weighted by Gasteiger charge is 2.19. The summed E-state index contributed by atoms with van der Waals surface area (Å²) in [6.45, 7) is 6.32. The number of ether oxygens (including phenoxy) is 3. The van der Waals surface area contributed by atoms with Crippen molar-refractivity contribution in [2.75, 3.05) is 13.2 Å². The van der Waals surface area contributed by atoms with Crippen LogP contribution >= 0.6 is 0 Å². The van der Waals surface area contributed by atoms with Crippen LogP contribution in [-0.4, -0.2) is 37.2 Å². The van der Waals surface area contributed by atoms with Crippen LogP contribution in [-0.2, 0) is 28.6 Å². The van der Waals surface area contributed by atoms with Crippen molar-refractivity contribution in [3.8, 4) is 0 Å². The highest BCUT2D eigenvalue weighted by atomic mass is 16.6. The van der Waals surface area contributed by atoms with E-state index in [9.17, 15) is 14.4 Å². The highest BCUT2D eigenvalue weighted by Crippen LogP contribution is 2.16. The largest absolute Gasteiger partial charge is 0.462 e. The lowest BCUT2D eigenvalue weighted by Crippen LogP contribution is -2.30. The van der Waals surface area contributed by atoms with Crippen molar-refractivity contribution in [3.63, 3.8) is 0 Å². The van der Waals surface area contributed by atoms with Crippen LogP contribution in [0.5, 0.6) is 0 Å². The van der Waals surface area contributed by atoms with Crippen molar-refractivity contribution in [3.05, 3.63) is 122 Å². The monoisotopic (exact) mass is 1070 g/mol. The van der Waals surface area contributed by atoms with Gasteiger partial charge in [-0.3, -0.25) is 14.4 Å². The lowest BCUT2D eigenvalue weighted by Gasteiger charge is -2.18. The lowest BCUT2D eigenvalue weighted by molar-refractivity contribution is -0.166. The zero-order valence-corrected chi connectivity index (χ0v) is 50.2. The van der Waals surface area contributed by atoms with Gasteiger partial charge in [-0.2, -0.15) is 0 Å². The van der Waals surface area contributed by atoms with Gasteiger partial charge in [0.25, 0.3) is 0 Å². The molecule has 1 atom stereocenters. The molecule has 0 aliphatic rings. The smallest absolute Gasteiger partial charge is 0.309 e. The second kappa shape index (κ2) is 64.3. The summed E-state index contributed by atoms with van der Waals surface area (Å²) in [5.74, 6) is -1.05. The minimum atomic E-state index is -0.827. The number of rotatable bonds is 57. The molecule has 0 aromatic heterocycles. The predicted octanol–water partition coefficient (Wildman–Crippen LogP) is 22.0. The molecule has 0 rings (SSSR count). The molecule has 1 unspecified atom stereocenters. The van der Waals surface area contributed by atoms with Gasteiger partial charge < -0.3 is 14.2 Å². The summed E-state index contributed by atoms with van der Waals surface area (Å²) in [4.78, 5) is 38.2. The summed E-state index contributed by atoms with van der Waals surface area (Å²) in [6, 6.07) is 0. The molecule has 438 valence electrons. The average molecular weight is 1070 g/mol. The van der Waals surface area contributed by atoms with Crippen LogP contribution in [0.15, 0.2) is 122 Å². The minimum absolute atomic E-state index is 0.113. The summed E-state index contributed by atoms with van der Waals surface area (Å²) in [5, 5.41) is 0. The van der Waals surface area contributed by atoms with E-state index in [1.54, 1.807) is 6.08 Å². The lowest BCUT2D eigenvalue weighted by atomic mass is 10.0. The number of carbonyl (C=O) groups is 3. The third-order valence-corrected chi connectivity index (χ3v) is 13.5. The molecule has 6 nitrogen and oxygen atoms in total. The first-order valence-corrected chi connectivity index (χ1v) is 32.0.